The minimum absolute atomic E-state index is 0.557. The predicted molar refractivity (Wildman–Crippen MR) is 52.5 cm³/mol. The maximum atomic E-state index is 5.16. The smallest absolute Gasteiger partial charge is 0.123 e. The van der Waals surface area contributed by atoms with E-state index < -0.39 is 0 Å². The van der Waals surface area contributed by atoms with Crippen LogP contribution in [-0.2, 0) is 6.54 Å². The van der Waals surface area contributed by atoms with Crippen molar-refractivity contribution in [3.8, 4) is 5.75 Å². The zero-order valence-electron chi connectivity index (χ0n) is 7.82. The molecule has 0 saturated carbocycles. The summed E-state index contributed by atoms with van der Waals surface area (Å²) in [5.74, 6) is 0.851. The standard InChI is InChI=1S/C10H12N2O/c1-11-8-12-7-9-5-3-4-6-10(9)13-2/h3-6H,7H2,1-2H3. The molecule has 0 unspecified atom stereocenters. The zero-order chi connectivity index (χ0) is 9.52. The number of rotatable bonds is 3. The first kappa shape index (κ1) is 9.49. The topological polar surface area (TPSA) is 34.0 Å². The van der Waals surface area contributed by atoms with Crippen LogP contribution in [0.15, 0.2) is 34.3 Å². The summed E-state index contributed by atoms with van der Waals surface area (Å²) in [6.45, 7) is 0.557. The van der Waals surface area contributed by atoms with Crippen molar-refractivity contribution in [3.05, 3.63) is 29.8 Å². The number of aliphatic imine (C=N–C) groups is 2. The Morgan fingerprint density at radius 1 is 1.38 bits per heavy atom. The molecule has 1 rings (SSSR count). The summed E-state index contributed by atoms with van der Waals surface area (Å²) < 4.78 is 5.16. The molecule has 3 heteroatoms. The van der Waals surface area contributed by atoms with Gasteiger partial charge in [-0.3, -0.25) is 0 Å². The van der Waals surface area contributed by atoms with Gasteiger partial charge in [-0.25, -0.2) is 9.98 Å². The highest BCUT2D eigenvalue weighted by Crippen LogP contribution is 2.17. The van der Waals surface area contributed by atoms with Crippen molar-refractivity contribution in [2.24, 2.45) is 9.98 Å². The molecule has 13 heavy (non-hydrogen) atoms. The SMILES string of the molecule is CN=C=NCc1ccccc1OC. The molecular formula is C10H12N2O. The summed E-state index contributed by atoms with van der Waals surface area (Å²) in [4.78, 5) is 7.62. The summed E-state index contributed by atoms with van der Waals surface area (Å²) in [5, 5.41) is 0. The third kappa shape index (κ3) is 2.73. The van der Waals surface area contributed by atoms with Gasteiger partial charge in [0.1, 0.15) is 5.75 Å². The van der Waals surface area contributed by atoms with E-state index in [4.69, 9.17) is 4.74 Å². The van der Waals surface area contributed by atoms with Gasteiger partial charge in [-0.05, 0) is 6.07 Å². The highest BCUT2D eigenvalue weighted by atomic mass is 16.5. The highest BCUT2D eigenvalue weighted by Gasteiger charge is 1.98. The lowest BCUT2D eigenvalue weighted by atomic mass is 10.2. The van der Waals surface area contributed by atoms with Crippen LogP contribution in [0.1, 0.15) is 5.56 Å². The zero-order valence-corrected chi connectivity index (χ0v) is 7.82. The first-order chi connectivity index (χ1) is 6.38. The lowest BCUT2D eigenvalue weighted by molar-refractivity contribution is 0.410. The van der Waals surface area contributed by atoms with Gasteiger partial charge in [0.25, 0.3) is 0 Å². The van der Waals surface area contributed by atoms with Gasteiger partial charge in [0, 0.05) is 12.6 Å². The van der Waals surface area contributed by atoms with Gasteiger partial charge < -0.3 is 4.74 Å². The maximum absolute atomic E-state index is 5.16. The third-order valence-electron chi connectivity index (χ3n) is 1.61. The highest BCUT2D eigenvalue weighted by molar-refractivity contribution is 5.42. The first-order valence-corrected chi connectivity index (χ1v) is 4.00. The Morgan fingerprint density at radius 2 is 2.15 bits per heavy atom. The molecule has 0 aliphatic carbocycles. The summed E-state index contributed by atoms with van der Waals surface area (Å²) in [7, 11) is 3.29. The fourth-order valence-electron chi connectivity index (χ4n) is 1.02. The molecule has 0 aromatic heterocycles. The number of hydrogen-bond donors (Lipinski definition) is 0. The van der Waals surface area contributed by atoms with Crippen LogP contribution < -0.4 is 4.74 Å². The second-order valence-electron chi connectivity index (χ2n) is 2.45. The minimum atomic E-state index is 0.557. The number of hydrogen-bond acceptors (Lipinski definition) is 3. The number of methoxy groups -OCH3 is 1. The quantitative estimate of drug-likeness (QED) is 0.648. The van der Waals surface area contributed by atoms with Gasteiger partial charge in [0.2, 0.25) is 0 Å². The van der Waals surface area contributed by atoms with Gasteiger partial charge in [0.15, 0.2) is 0 Å². The monoisotopic (exact) mass is 176 g/mol. The van der Waals surface area contributed by atoms with E-state index in [9.17, 15) is 0 Å². The van der Waals surface area contributed by atoms with Crippen molar-refractivity contribution < 1.29 is 4.74 Å². The molecule has 0 radical (unpaired) electrons. The Kier molecular flexibility index (Phi) is 3.74. The average molecular weight is 176 g/mol. The molecule has 3 nitrogen and oxygen atoms in total. The van der Waals surface area contributed by atoms with Gasteiger partial charge >= 0.3 is 0 Å². The molecule has 0 fully saturated rings. The molecule has 0 aliphatic heterocycles. The molecule has 0 aliphatic rings. The number of nitrogens with zero attached hydrogens (tertiary/aromatic N) is 2. The third-order valence-corrected chi connectivity index (χ3v) is 1.61. The molecule has 0 heterocycles. The summed E-state index contributed by atoms with van der Waals surface area (Å²) in [5.41, 5.74) is 1.04. The fourth-order valence-corrected chi connectivity index (χ4v) is 1.02. The van der Waals surface area contributed by atoms with Crippen molar-refractivity contribution in [3.63, 3.8) is 0 Å². The van der Waals surface area contributed by atoms with Crippen LogP contribution in [0.4, 0.5) is 0 Å². The number of para-hydroxylation sites is 1. The van der Waals surface area contributed by atoms with Gasteiger partial charge in [-0.2, -0.15) is 0 Å². The number of ether oxygens (including phenoxy) is 1. The Labute approximate surface area is 77.8 Å². The van der Waals surface area contributed by atoms with Gasteiger partial charge in [-0.1, -0.05) is 18.2 Å². The second kappa shape index (κ2) is 5.12. The molecule has 0 saturated heterocycles. The van der Waals surface area contributed by atoms with Crippen molar-refractivity contribution in [1.82, 2.24) is 0 Å². The lowest BCUT2D eigenvalue weighted by Crippen LogP contribution is -1.89. The van der Waals surface area contributed by atoms with Crippen molar-refractivity contribution in [2.45, 2.75) is 6.54 Å². The van der Waals surface area contributed by atoms with Crippen molar-refractivity contribution in [1.29, 1.82) is 0 Å². The van der Waals surface area contributed by atoms with Crippen molar-refractivity contribution >= 4 is 6.01 Å². The average Bonchev–Trinajstić information content (AvgIpc) is 2.19. The Balaban J connectivity index is 2.81. The van der Waals surface area contributed by atoms with E-state index >= 15 is 0 Å². The van der Waals surface area contributed by atoms with E-state index in [1.807, 2.05) is 24.3 Å². The summed E-state index contributed by atoms with van der Waals surface area (Å²) >= 11 is 0. The molecular weight excluding hydrogens is 164 g/mol. The maximum Gasteiger partial charge on any atom is 0.123 e. The van der Waals surface area contributed by atoms with E-state index in [0.717, 1.165) is 11.3 Å². The lowest BCUT2D eigenvalue weighted by Gasteiger charge is -2.03. The fraction of sp³-hybridized carbons (Fsp3) is 0.300. The Bertz CT molecular complexity index is 327. The first-order valence-electron chi connectivity index (χ1n) is 4.00. The molecule has 1 aromatic carbocycles. The molecule has 1 aromatic rings. The van der Waals surface area contributed by atoms with E-state index in [0.29, 0.717) is 6.54 Å². The normalized spacial score (nSPS) is 8.77. The minimum Gasteiger partial charge on any atom is -0.496 e. The summed E-state index contributed by atoms with van der Waals surface area (Å²) in [6, 6.07) is 10.3. The summed E-state index contributed by atoms with van der Waals surface area (Å²) in [6.07, 6.45) is 0. The molecule has 0 amide bonds. The predicted octanol–water partition coefficient (Wildman–Crippen LogP) is 2.00. The molecule has 0 spiro atoms. The van der Waals surface area contributed by atoms with E-state index in [1.165, 1.54) is 0 Å². The Hall–Kier alpha value is -1.60. The van der Waals surface area contributed by atoms with Crippen LogP contribution >= 0.6 is 0 Å². The van der Waals surface area contributed by atoms with Crippen LogP contribution in [0.5, 0.6) is 5.75 Å². The van der Waals surface area contributed by atoms with Crippen LogP contribution in [0.2, 0.25) is 0 Å². The molecule has 0 N–H and O–H groups in total. The van der Waals surface area contributed by atoms with E-state index in [-0.39, 0.29) is 0 Å². The van der Waals surface area contributed by atoms with E-state index in [1.54, 1.807) is 14.2 Å². The second-order valence-corrected chi connectivity index (χ2v) is 2.45. The number of benzene rings is 1. The molecule has 68 valence electrons. The molecule has 0 bridgehead atoms. The Morgan fingerprint density at radius 3 is 2.85 bits per heavy atom. The van der Waals surface area contributed by atoms with Crippen LogP contribution in [-0.4, -0.2) is 20.2 Å². The van der Waals surface area contributed by atoms with Crippen LogP contribution in [0, 0.1) is 0 Å². The van der Waals surface area contributed by atoms with E-state index in [2.05, 4.69) is 16.0 Å². The van der Waals surface area contributed by atoms with Gasteiger partial charge in [-0.15, -0.1) is 0 Å². The van der Waals surface area contributed by atoms with Crippen molar-refractivity contribution in [2.75, 3.05) is 14.2 Å². The van der Waals surface area contributed by atoms with Crippen LogP contribution in [0.25, 0.3) is 0 Å². The largest absolute Gasteiger partial charge is 0.496 e. The molecule has 0 atom stereocenters. The van der Waals surface area contributed by atoms with Gasteiger partial charge in [0.05, 0.1) is 19.7 Å². The van der Waals surface area contributed by atoms with Crippen LogP contribution in [0.3, 0.4) is 0 Å².